The number of hydroxylamine groups is 1. The first-order valence-electron chi connectivity index (χ1n) is 4.86. The number of carbonyl (C=O) groups is 1. The lowest BCUT2D eigenvalue weighted by molar-refractivity contribution is -0.139. The zero-order valence-electron chi connectivity index (χ0n) is 9.68. The lowest BCUT2D eigenvalue weighted by Crippen LogP contribution is -2.20. The topological polar surface area (TPSA) is 73.6 Å². The molecule has 3 N–H and O–H groups in total. The van der Waals surface area contributed by atoms with Crippen LogP contribution in [0.15, 0.2) is 12.1 Å². The maximum Gasteiger partial charge on any atom is 0.419 e. The smallest absolute Gasteiger partial charge is 0.419 e. The van der Waals surface area contributed by atoms with Crippen molar-refractivity contribution in [3.05, 3.63) is 29.1 Å². The van der Waals surface area contributed by atoms with E-state index in [0.717, 1.165) is 6.07 Å². The number of esters is 1. The average Bonchev–Trinajstić information content (AvgIpc) is 2.31. The number of nitrogen functional groups attached to an aromatic ring is 1. The molecule has 0 atom stereocenters. The number of hydrogen-bond donors (Lipinski definition) is 2. The fourth-order valence-electron chi connectivity index (χ4n) is 1.21. The molecular weight excluding hydrogens is 272 g/mol. The summed E-state index contributed by atoms with van der Waals surface area (Å²) in [5.41, 5.74) is 4.31. The highest BCUT2D eigenvalue weighted by atomic mass is 19.4. The van der Waals surface area contributed by atoms with Crippen LogP contribution < -0.4 is 11.2 Å². The number of carbonyl (C=O) groups excluding carboxylic acids is 1. The van der Waals surface area contributed by atoms with E-state index in [2.05, 4.69) is 15.1 Å². The Balaban J connectivity index is 3.03. The van der Waals surface area contributed by atoms with Gasteiger partial charge in [0.15, 0.2) is 12.5 Å². The van der Waals surface area contributed by atoms with Gasteiger partial charge in [-0.15, -0.1) is 0 Å². The third-order valence-corrected chi connectivity index (χ3v) is 2.05. The lowest BCUT2D eigenvalue weighted by Gasteiger charge is -2.12. The van der Waals surface area contributed by atoms with Gasteiger partial charge in [0, 0.05) is 0 Å². The number of halogens is 4. The van der Waals surface area contributed by atoms with Crippen molar-refractivity contribution < 1.29 is 31.9 Å². The van der Waals surface area contributed by atoms with Crippen LogP contribution in [0.25, 0.3) is 0 Å². The van der Waals surface area contributed by atoms with Crippen molar-refractivity contribution in [3.63, 3.8) is 0 Å². The van der Waals surface area contributed by atoms with E-state index >= 15 is 0 Å². The second-order valence-electron chi connectivity index (χ2n) is 3.35. The first-order valence-corrected chi connectivity index (χ1v) is 4.86. The van der Waals surface area contributed by atoms with Gasteiger partial charge in [-0.25, -0.2) is 9.18 Å². The van der Waals surface area contributed by atoms with Crippen LogP contribution in [0.3, 0.4) is 0 Å². The molecule has 1 aromatic rings. The summed E-state index contributed by atoms with van der Waals surface area (Å²) in [5.74, 6) is -2.72. The predicted octanol–water partition coefficient (Wildman–Crippen LogP) is 1.69. The Kier molecular flexibility index (Phi) is 4.67. The summed E-state index contributed by atoms with van der Waals surface area (Å²) in [7, 11) is 1.26. The predicted molar refractivity (Wildman–Crippen MR) is 56.2 cm³/mol. The van der Waals surface area contributed by atoms with Crippen molar-refractivity contribution in [2.24, 2.45) is 0 Å². The molecule has 1 aromatic carbocycles. The largest absolute Gasteiger partial charge is 0.444 e. The molecule has 0 heterocycles. The van der Waals surface area contributed by atoms with Crippen LogP contribution in [0.1, 0.15) is 15.9 Å². The fourth-order valence-corrected chi connectivity index (χ4v) is 1.21. The van der Waals surface area contributed by atoms with Crippen molar-refractivity contribution in [2.45, 2.75) is 6.18 Å². The van der Waals surface area contributed by atoms with E-state index in [0.29, 0.717) is 6.07 Å². The Morgan fingerprint density at radius 1 is 1.42 bits per heavy atom. The quantitative estimate of drug-likeness (QED) is 0.219. The van der Waals surface area contributed by atoms with E-state index in [-0.39, 0.29) is 6.73 Å². The molecule has 0 unspecified atom stereocenters. The van der Waals surface area contributed by atoms with Crippen molar-refractivity contribution >= 4 is 11.7 Å². The molecule has 0 radical (unpaired) electrons. The minimum atomic E-state index is -4.96. The zero-order valence-corrected chi connectivity index (χ0v) is 9.68. The van der Waals surface area contributed by atoms with Gasteiger partial charge in [0.05, 0.1) is 23.9 Å². The van der Waals surface area contributed by atoms with Gasteiger partial charge in [-0.3, -0.25) is 0 Å². The molecule has 0 spiro atoms. The second-order valence-corrected chi connectivity index (χ2v) is 3.35. The number of hydrogen-bond acceptors (Lipinski definition) is 5. The Morgan fingerprint density at radius 3 is 2.58 bits per heavy atom. The second kappa shape index (κ2) is 5.85. The molecule has 0 aliphatic carbocycles. The van der Waals surface area contributed by atoms with E-state index in [4.69, 9.17) is 5.73 Å². The van der Waals surface area contributed by atoms with Crippen LogP contribution in [0, 0.1) is 5.82 Å². The van der Waals surface area contributed by atoms with Crippen molar-refractivity contribution in [1.29, 1.82) is 0 Å². The number of benzene rings is 1. The van der Waals surface area contributed by atoms with Gasteiger partial charge in [-0.05, 0) is 12.1 Å². The molecular formula is C10H10F4N2O3. The molecule has 0 saturated carbocycles. The third-order valence-electron chi connectivity index (χ3n) is 2.05. The molecule has 19 heavy (non-hydrogen) atoms. The fraction of sp³-hybridized carbons (Fsp3) is 0.300. The molecule has 106 valence electrons. The van der Waals surface area contributed by atoms with Gasteiger partial charge >= 0.3 is 12.1 Å². The molecule has 0 fully saturated rings. The summed E-state index contributed by atoms with van der Waals surface area (Å²) < 4.78 is 55.2. The summed E-state index contributed by atoms with van der Waals surface area (Å²) in [6.45, 7) is -0.381. The number of nitrogens with two attached hydrogens (primary N) is 1. The number of rotatable bonds is 4. The van der Waals surface area contributed by atoms with Crippen LogP contribution in [0.5, 0.6) is 0 Å². The third kappa shape index (κ3) is 3.80. The summed E-state index contributed by atoms with van der Waals surface area (Å²) in [5, 5.41) is 0. The summed E-state index contributed by atoms with van der Waals surface area (Å²) in [6.07, 6.45) is -4.96. The van der Waals surface area contributed by atoms with E-state index < -0.39 is 34.8 Å². The van der Waals surface area contributed by atoms with Crippen molar-refractivity contribution in [1.82, 2.24) is 5.48 Å². The maximum absolute atomic E-state index is 13.2. The van der Waals surface area contributed by atoms with E-state index in [1.54, 1.807) is 0 Å². The van der Waals surface area contributed by atoms with E-state index in [1.165, 1.54) is 7.11 Å². The molecule has 9 heteroatoms. The Hall–Kier alpha value is -1.87. The summed E-state index contributed by atoms with van der Waals surface area (Å²) in [6, 6.07) is 1.10. The van der Waals surface area contributed by atoms with Crippen molar-refractivity contribution in [3.8, 4) is 0 Å². The van der Waals surface area contributed by atoms with Gasteiger partial charge in [0.2, 0.25) is 0 Å². The molecule has 1 rings (SSSR count). The number of ether oxygens (including phenoxy) is 1. The normalized spacial score (nSPS) is 11.4. The summed E-state index contributed by atoms with van der Waals surface area (Å²) >= 11 is 0. The highest BCUT2D eigenvalue weighted by Crippen LogP contribution is 2.34. The molecule has 0 aromatic heterocycles. The van der Waals surface area contributed by atoms with Crippen molar-refractivity contribution in [2.75, 3.05) is 19.6 Å². The number of nitrogens with one attached hydrogen (secondary N) is 1. The average molecular weight is 282 g/mol. The van der Waals surface area contributed by atoms with E-state index in [9.17, 15) is 22.4 Å². The maximum atomic E-state index is 13.2. The number of anilines is 1. The van der Waals surface area contributed by atoms with Gasteiger partial charge in [-0.2, -0.15) is 18.7 Å². The molecule has 0 amide bonds. The summed E-state index contributed by atoms with van der Waals surface area (Å²) in [4.78, 5) is 15.8. The minimum Gasteiger partial charge on any atom is -0.444 e. The van der Waals surface area contributed by atoms with Gasteiger partial charge in [0.25, 0.3) is 0 Å². The van der Waals surface area contributed by atoms with Crippen LogP contribution in [0.2, 0.25) is 0 Å². The zero-order chi connectivity index (χ0) is 14.6. The SMILES string of the molecule is CONCOC(=O)c1cc(N)c(F)c(C(F)(F)F)c1. The number of alkyl halides is 3. The Labute approximate surface area is 105 Å². The van der Waals surface area contributed by atoms with Gasteiger partial charge in [0.1, 0.15) is 0 Å². The standard InChI is InChI=1S/C10H10F4N2O3/c1-18-16-4-19-9(17)5-2-6(10(12,13)14)8(11)7(15)3-5/h2-3,16H,4,15H2,1H3. The minimum absolute atomic E-state index is 0.334. The lowest BCUT2D eigenvalue weighted by atomic mass is 10.1. The van der Waals surface area contributed by atoms with Crippen LogP contribution >= 0.6 is 0 Å². The van der Waals surface area contributed by atoms with E-state index in [1.807, 2.05) is 0 Å². The van der Waals surface area contributed by atoms with Crippen LogP contribution in [0.4, 0.5) is 23.2 Å². The first kappa shape index (κ1) is 15.2. The molecule has 0 aliphatic rings. The van der Waals surface area contributed by atoms with Crippen LogP contribution in [-0.2, 0) is 15.8 Å². The van der Waals surface area contributed by atoms with Gasteiger partial charge < -0.3 is 15.3 Å². The van der Waals surface area contributed by atoms with Crippen LogP contribution in [-0.4, -0.2) is 19.8 Å². The molecule has 5 nitrogen and oxygen atoms in total. The first-order chi connectivity index (χ1) is 8.77. The highest BCUT2D eigenvalue weighted by Gasteiger charge is 2.36. The highest BCUT2D eigenvalue weighted by molar-refractivity contribution is 5.90. The monoisotopic (exact) mass is 282 g/mol. The van der Waals surface area contributed by atoms with Gasteiger partial charge in [-0.1, -0.05) is 0 Å². The molecule has 0 bridgehead atoms. The molecule has 0 aliphatic heterocycles. The Bertz CT molecular complexity index is 477. The Morgan fingerprint density at radius 2 is 2.05 bits per heavy atom. The molecule has 0 saturated heterocycles.